The van der Waals surface area contributed by atoms with Gasteiger partial charge in [0.15, 0.2) is 0 Å². The van der Waals surface area contributed by atoms with Gasteiger partial charge in [-0.15, -0.1) is 10.2 Å². The maximum atomic E-state index is 6.02. The fourth-order valence-electron chi connectivity index (χ4n) is 3.36. The Morgan fingerprint density at radius 3 is 2.84 bits per heavy atom. The van der Waals surface area contributed by atoms with E-state index in [4.69, 9.17) is 9.15 Å². The van der Waals surface area contributed by atoms with Crippen molar-refractivity contribution in [3.8, 4) is 11.5 Å². The summed E-state index contributed by atoms with van der Waals surface area (Å²) in [5, 5.41) is 12.8. The Kier molecular flexibility index (Phi) is 4.09. The largest absolute Gasteiger partial charge is 0.420 e. The van der Waals surface area contributed by atoms with E-state index in [2.05, 4.69) is 20.3 Å². The Morgan fingerprint density at radius 1 is 1.20 bits per heavy atom. The van der Waals surface area contributed by atoms with Crippen LogP contribution in [0.5, 0.6) is 0 Å². The van der Waals surface area contributed by atoms with E-state index in [1.165, 1.54) is 0 Å². The van der Waals surface area contributed by atoms with Crippen molar-refractivity contribution < 1.29 is 9.15 Å². The van der Waals surface area contributed by atoms with Crippen molar-refractivity contribution in [3.05, 3.63) is 47.4 Å². The van der Waals surface area contributed by atoms with E-state index in [1.807, 2.05) is 45.4 Å². The molecule has 0 N–H and O–H groups in total. The molecule has 1 aliphatic heterocycles. The van der Waals surface area contributed by atoms with Crippen molar-refractivity contribution in [1.82, 2.24) is 25.0 Å². The van der Waals surface area contributed by atoms with E-state index in [0.717, 1.165) is 42.0 Å². The van der Waals surface area contributed by atoms with Crippen LogP contribution in [0.25, 0.3) is 11.5 Å². The second kappa shape index (κ2) is 6.40. The Balaban J connectivity index is 1.65. The summed E-state index contributed by atoms with van der Waals surface area (Å²) in [6.07, 6.45) is 5.65. The van der Waals surface area contributed by atoms with Crippen LogP contribution in [0, 0.1) is 13.8 Å². The van der Waals surface area contributed by atoms with Gasteiger partial charge in [0.25, 0.3) is 0 Å². The summed E-state index contributed by atoms with van der Waals surface area (Å²) >= 11 is 0. The van der Waals surface area contributed by atoms with E-state index in [0.29, 0.717) is 11.8 Å². The van der Waals surface area contributed by atoms with Gasteiger partial charge in [-0.3, -0.25) is 9.67 Å². The molecule has 3 aromatic rings. The SMILES string of the molecule is Cc1ccc(-c2nnc([C@@H]3CCCO[C@H]3c3cnn(C)c3)o2)c(C)n1. The lowest BCUT2D eigenvalue weighted by Gasteiger charge is -2.28. The lowest BCUT2D eigenvalue weighted by molar-refractivity contribution is -0.00890. The summed E-state index contributed by atoms with van der Waals surface area (Å²) in [4.78, 5) is 4.47. The summed E-state index contributed by atoms with van der Waals surface area (Å²) < 4.78 is 13.8. The molecule has 0 unspecified atom stereocenters. The minimum Gasteiger partial charge on any atom is -0.420 e. The Bertz CT molecular complexity index is 885. The van der Waals surface area contributed by atoms with Crippen LogP contribution in [0.15, 0.2) is 28.9 Å². The summed E-state index contributed by atoms with van der Waals surface area (Å²) in [5.41, 5.74) is 3.77. The first-order valence-corrected chi connectivity index (χ1v) is 8.50. The van der Waals surface area contributed by atoms with Crippen LogP contribution in [0.2, 0.25) is 0 Å². The molecule has 0 radical (unpaired) electrons. The summed E-state index contributed by atoms with van der Waals surface area (Å²) in [7, 11) is 1.90. The number of hydrogen-bond acceptors (Lipinski definition) is 6. The lowest BCUT2D eigenvalue weighted by atomic mass is 9.91. The van der Waals surface area contributed by atoms with Gasteiger partial charge in [-0.05, 0) is 38.8 Å². The third-order valence-corrected chi connectivity index (χ3v) is 4.59. The fraction of sp³-hybridized carbons (Fsp3) is 0.444. The number of rotatable bonds is 3. The second-order valence-corrected chi connectivity index (χ2v) is 6.52. The van der Waals surface area contributed by atoms with Crippen molar-refractivity contribution in [2.75, 3.05) is 6.61 Å². The molecule has 1 saturated heterocycles. The molecule has 0 spiro atoms. The predicted molar refractivity (Wildman–Crippen MR) is 90.9 cm³/mol. The highest BCUT2D eigenvalue weighted by Crippen LogP contribution is 2.40. The van der Waals surface area contributed by atoms with Gasteiger partial charge in [0.2, 0.25) is 11.8 Å². The maximum absolute atomic E-state index is 6.02. The van der Waals surface area contributed by atoms with Crippen molar-refractivity contribution in [2.45, 2.75) is 38.7 Å². The van der Waals surface area contributed by atoms with E-state index in [9.17, 15) is 0 Å². The molecule has 130 valence electrons. The van der Waals surface area contributed by atoms with E-state index in [-0.39, 0.29) is 12.0 Å². The molecule has 0 aromatic carbocycles. The smallest absolute Gasteiger partial charge is 0.249 e. The Morgan fingerprint density at radius 2 is 2.08 bits per heavy atom. The van der Waals surface area contributed by atoms with E-state index < -0.39 is 0 Å². The number of hydrogen-bond donors (Lipinski definition) is 0. The van der Waals surface area contributed by atoms with E-state index >= 15 is 0 Å². The molecule has 4 rings (SSSR count). The predicted octanol–water partition coefficient (Wildman–Crippen LogP) is 3.12. The molecular formula is C18H21N5O2. The molecule has 4 heterocycles. The third-order valence-electron chi connectivity index (χ3n) is 4.59. The van der Waals surface area contributed by atoms with Crippen LogP contribution in [-0.4, -0.2) is 31.6 Å². The number of nitrogens with zero attached hydrogens (tertiary/aromatic N) is 5. The molecule has 3 aromatic heterocycles. The standard InChI is InChI=1S/C18H21N5O2/c1-11-6-7-14(12(2)20-11)17-21-22-18(25-17)15-5-4-8-24-16(15)13-9-19-23(3)10-13/h6-7,9-10,15-16H,4-5,8H2,1-3H3/t15-,16+/m1/s1. The number of pyridine rings is 1. The molecule has 0 amide bonds. The second-order valence-electron chi connectivity index (χ2n) is 6.52. The summed E-state index contributed by atoms with van der Waals surface area (Å²) in [5.74, 6) is 1.16. The van der Waals surface area contributed by atoms with Gasteiger partial charge in [0.1, 0.15) is 0 Å². The van der Waals surface area contributed by atoms with Gasteiger partial charge in [-0.1, -0.05) is 0 Å². The van der Waals surface area contributed by atoms with Crippen molar-refractivity contribution >= 4 is 0 Å². The molecule has 2 atom stereocenters. The zero-order valence-electron chi connectivity index (χ0n) is 14.6. The zero-order valence-corrected chi connectivity index (χ0v) is 14.6. The average molecular weight is 339 g/mol. The normalized spacial score (nSPS) is 20.8. The molecular weight excluding hydrogens is 318 g/mol. The van der Waals surface area contributed by atoms with Gasteiger partial charge < -0.3 is 9.15 Å². The molecule has 7 nitrogen and oxygen atoms in total. The van der Waals surface area contributed by atoms with Crippen LogP contribution in [0.3, 0.4) is 0 Å². The molecule has 0 saturated carbocycles. The monoisotopic (exact) mass is 339 g/mol. The summed E-state index contributed by atoms with van der Waals surface area (Å²) in [6.45, 7) is 4.65. The minimum atomic E-state index is -0.104. The number of aryl methyl sites for hydroxylation is 3. The average Bonchev–Trinajstić information content (AvgIpc) is 3.24. The van der Waals surface area contributed by atoms with Crippen LogP contribution in [0.1, 0.15) is 47.7 Å². The first-order chi connectivity index (χ1) is 12.1. The van der Waals surface area contributed by atoms with Gasteiger partial charge in [0, 0.05) is 31.1 Å². The highest BCUT2D eigenvalue weighted by molar-refractivity contribution is 5.55. The number of aromatic nitrogens is 5. The van der Waals surface area contributed by atoms with Crippen LogP contribution < -0.4 is 0 Å². The van der Waals surface area contributed by atoms with Gasteiger partial charge in [-0.25, -0.2) is 0 Å². The first-order valence-electron chi connectivity index (χ1n) is 8.50. The van der Waals surface area contributed by atoms with E-state index in [1.54, 1.807) is 4.68 Å². The Labute approximate surface area is 146 Å². The molecule has 0 aliphatic carbocycles. The molecule has 0 bridgehead atoms. The van der Waals surface area contributed by atoms with Gasteiger partial charge >= 0.3 is 0 Å². The van der Waals surface area contributed by atoms with Crippen LogP contribution in [-0.2, 0) is 11.8 Å². The van der Waals surface area contributed by atoms with Crippen molar-refractivity contribution in [3.63, 3.8) is 0 Å². The highest BCUT2D eigenvalue weighted by atomic mass is 16.5. The first kappa shape index (κ1) is 16.0. The fourth-order valence-corrected chi connectivity index (χ4v) is 3.36. The Hall–Kier alpha value is -2.54. The van der Waals surface area contributed by atoms with Crippen LogP contribution >= 0.6 is 0 Å². The van der Waals surface area contributed by atoms with Crippen LogP contribution in [0.4, 0.5) is 0 Å². The van der Waals surface area contributed by atoms with Gasteiger partial charge in [-0.2, -0.15) is 5.10 Å². The maximum Gasteiger partial charge on any atom is 0.249 e. The van der Waals surface area contributed by atoms with Gasteiger partial charge in [0.05, 0.1) is 29.5 Å². The molecule has 1 fully saturated rings. The molecule has 7 heteroatoms. The minimum absolute atomic E-state index is 0.0397. The van der Waals surface area contributed by atoms with Crippen molar-refractivity contribution in [1.29, 1.82) is 0 Å². The third kappa shape index (κ3) is 3.07. The highest BCUT2D eigenvalue weighted by Gasteiger charge is 2.34. The molecule has 25 heavy (non-hydrogen) atoms. The van der Waals surface area contributed by atoms with Crippen molar-refractivity contribution in [2.24, 2.45) is 7.05 Å². The zero-order chi connectivity index (χ0) is 17.4. The molecule has 1 aliphatic rings. The quantitative estimate of drug-likeness (QED) is 0.729. The topological polar surface area (TPSA) is 78.9 Å². The summed E-state index contributed by atoms with van der Waals surface area (Å²) in [6, 6.07) is 3.93. The lowest BCUT2D eigenvalue weighted by Crippen LogP contribution is -2.21. The number of ether oxygens (including phenoxy) is 1.